The molecule has 0 fully saturated rings. The highest BCUT2D eigenvalue weighted by atomic mass is 35.5. The average molecular weight is 469 g/mol. The fraction of sp³-hybridized carbons (Fsp3) is 0.120. The number of esters is 1. The molecule has 0 bridgehead atoms. The van der Waals surface area contributed by atoms with Crippen molar-refractivity contribution in [2.45, 2.75) is 13.0 Å². The van der Waals surface area contributed by atoms with Crippen LogP contribution in [0.3, 0.4) is 0 Å². The van der Waals surface area contributed by atoms with Crippen molar-refractivity contribution in [3.8, 4) is 11.5 Å². The minimum absolute atomic E-state index is 0.0946. The molecular weight excluding hydrogens is 451 g/mol. The molecule has 0 radical (unpaired) electrons. The number of halogens is 2. The van der Waals surface area contributed by atoms with Crippen molar-refractivity contribution < 1.29 is 23.8 Å². The fourth-order valence-electron chi connectivity index (χ4n) is 3.25. The molecule has 1 aliphatic rings. The molecule has 32 heavy (non-hydrogen) atoms. The van der Waals surface area contributed by atoms with Gasteiger partial charge in [-0.3, -0.25) is 4.79 Å². The molecule has 4 rings (SSSR count). The SMILES string of the molecule is CCOC(=O)[C@@H](Oc1ccc2c(c1)OC(=Cc1c(Cl)cccc1Cl)C2=O)c1ccccc1. The van der Waals surface area contributed by atoms with Gasteiger partial charge in [-0.05, 0) is 37.3 Å². The maximum Gasteiger partial charge on any atom is 0.352 e. The van der Waals surface area contributed by atoms with E-state index >= 15 is 0 Å². The van der Waals surface area contributed by atoms with Crippen molar-refractivity contribution in [1.82, 2.24) is 0 Å². The van der Waals surface area contributed by atoms with Gasteiger partial charge in [0.05, 0.1) is 12.2 Å². The number of carbonyl (C=O) groups is 2. The Labute approximate surface area is 195 Å². The van der Waals surface area contributed by atoms with Gasteiger partial charge in [-0.2, -0.15) is 0 Å². The van der Waals surface area contributed by atoms with Crippen LogP contribution >= 0.6 is 23.2 Å². The summed E-state index contributed by atoms with van der Waals surface area (Å²) in [7, 11) is 0. The zero-order valence-electron chi connectivity index (χ0n) is 17.0. The molecular formula is C25H18Cl2O5. The van der Waals surface area contributed by atoms with Crippen LogP contribution < -0.4 is 9.47 Å². The van der Waals surface area contributed by atoms with E-state index in [1.807, 2.05) is 18.2 Å². The standard InChI is InChI=1S/C25H18Cl2O5/c1-2-30-25(29)24(15-7-4-3-5-8-15)31-16-11-12-17-21(13-16)32-22(23(17)28)14-18-19(26)9-6-10-20(18)27/h3-14,24H,2H2,1H3/t24-/m0/s1. The van der Waals surface area contributed by atoms with E-state index < -0.39 is 12.1 Å². The third kappa shape index (κ3) is 4.49. The number of benzene rings is 3. The van der Waals surface area contributed by atoms with Crippen molar-refractivity contribution in [3.63, 3.8) is 0 Å². The van der Waals surface area contributed by atoms with E-state index in [1.165, 1.54) is 6.08 Å². The number of rotatable bonds is 6. The molecule has 7 heteroatoms. The molecule has 0 saturated heterocycles. The molecule has 0 N–H and O–H groups in total. The summed E-state index contributed by atoms with van der Waals surface area (Å²) in [6, 6.07) is 18.9. The van der Waals surface area contributed by atoms with E-state index in [2.05, 4.69) is 0 Å². The number of Topliss-reactive ketones (excluding diaryl/α,β-unsaturated/α-hetero) is 1. The lowest BCUT2D eigenvalue weighted by Crippen LogP contribution is -2.21. The zero-order chi connectivity index (χ0) is 22.7. The third-order valence-electron chi connectivity index (χ3n) is 4.77. The van der Waals surface area contributed by atoms with Gasteiger partial charge >= 0.3 is 5.97 Å². The normalized spacial score (nSPS) is 14.6. The van der Waals surface area contributed by atoms with E-state index in [4.69, 9.17) is 37.4 Å². The van der Waals surface area contributed by atoms with Crippen LogP contribution in [0.25, 0.3) is 6.08 Å². The Balaban J connectivity index is 1.62. The Morgan fingerprint density at radius 3 is 2.44 bits per heavy atom. The van der Waals surface area contributed by atoms with Gasteiger partial charge in [-0.25, -0.2) is 4.79 Å². The molecule has 3 aromatic carbocycles. The van der Waals surface area contributed by atoms with Crippen molar-refractivity contribution in [1.29, 1.82) is 0 Å². The van der Waals surface area contributed by atoms with Gasteiger partial charge in [0, 0.05) is 27.2 Å². The summed E-state index contributed by atoms with van der Waals surface area (Å²) in [4.78, 5) is 25.3. The number of hydrogen-bond acceptors (Lipinski definition) is 5. The van der Waals surface area contributed by atoms with E-state index in [-0.39, 0.29) is 18.1 Å². The van der Waals surface area contributed by atoms with Gasteiger partial charge in [-0.1, -0.05) is 59.6 Å². The molecule has 0 aliphatic carbocycles. The summed E-state index contributed by atoms with van der Waals surface area (Å²) in [5.41, 5.74) is 1.52. The molecule has 0 aromatic heterocycles. The van der Waals surface area contributed by atoms with Gasteiger partial charge in [0.25, 0.3) is 0 Å². The monoisotopic (exact) mass is 468 g/mol. The van der Waals surface area contributed by atoms with Crippen LogP contribution in [0.15, 0.2) is 72.5 Å². The Bertz CT molecular complexity index is 1180. The predicted molar refractivity (Wildman–Crippen MR) is 122 cm³/mol. The van der Waals surface area contributed by atoms with Crippen molar-refractivity contribution in [2.75, 3.05) is 6.61 Å². The number of ketones is 1. The number of carbonyl (C=O) groups excluding carboxylic acids is 2. The largest absolute Gasteiger partial charge is 0.474 e. The Hall–Kier alpha value is -3.28. The van der Waals surface area contributed by atoms with E-state index in [1.54, 1.807) is 55.5 Å². The maximum atomic E-state index is 12.8. The highest BCUT2D eigenvalue weighted by Crippen LogP contribution is 2.37. The molecule has 0 unspecified atom stereocenters. The molecule has 0 spiro atoms. The summed E-state index contributed by atoms with van der Waals surface area (Å²) in [5, 5.41) is 0.808. The Morgan fingerprint density at radius 2 is 1.75 bits per heavy atom. The summed E-state index contributed by atoms with van der Waals surface area (Å²) in [6.07, 6.45) is 0.557. The van der Waals surface area contributed by atoms with E-state index in [9.17, 15) is 9.59 Å². The van der Waals surface area contributed by atoms with Crippen LogP contribution in [0, 0.1) is 0 Å². The van der Waals surface area contributed by atoms with Crippen LogP contribution in [0.4, 0.5) is 0 Å². The molecule has 1 heterocycles. The Kier molecular flexibility index (Phi) is 6.49. The number of ether oxygens (including phenoxy) is 3. The molecule has 1 aliphatic heterocycles. The van der Waals surface area contributed by atoms with Crippen LogP contribution in [0.2, 0.25) is 10.0 Å². The van der Waals surface area contributed by atoms with E-state index in [0.29, 0.717) is 38.2 Å². The smallest absolute Gasteiger partial charge is 0.352 e. The van der Waals surface area contributed by atoms with E-state index in [0.717, 1.165) is 0 Å². The quantitative estimate of drug-likeness (QED) is 0.314. The predicted octanol–water partition coefficient (Wildman–Crippen LogP) is 6.29. The topological polar surface area (TPSA) is 61.8 Å². The number of allylic oxidation sites excluding steroid dienone is 1. The van der Waals surface area contributed by atoms with Gasteiger partial charge in [0.15, 0.2) is 5.76 Å². The van der Waals surface area contributed by atoms with Crippen LogP contribution in [-0.2, 0) is 9.53 Å². The summed E-state index contributed by atoms with van der Waals surface area (Å²) >= 11 is 12.4. The number of hydrogen-bond donors (Lipinski definition) is 0. The van der Waals surface area contributed by atoms with Gasteiger partial charge in [0.2, 0.25) is 11.9 Å². The molecule has 5 nitrogen and oxygen atoms in total. The van der Waals surface area contributed by atoms with Gasteiger partial charge in [-0.15, -0.1) is 0 Å². The molecule has 3 aromatic rings. The summed E-state index contributed by atoms with van der Waals surface area (Å²) in [5.74, 6) is -0.0390. The molecule has 0 saturated carbocycles. The Morgan fingerprint density at radius 1 is 1.03 bits per heavy atom. The van der Waals surface area contributed by atoms with Gasteiger partial charge < -0.3 is 14.2 Å². The first kappa shape index (κ1) is 21.9. The number of fused-ring (bicyclic) bond motifs is 1. The van der Waals surface area contributed by atoms with Crippen molar-refractivity contribution in [2.24, 2.45) is 0 Å². The lowest BCUT2D eigenvalue weighted by molar-refractivity contribution is -0.151. The van der Waals surface area contributed by atoms with Crippen LogP contribution in [-0.4, -0.2) is 18.4 Å². The zero-order valence-corrected chi connectivity index (χ0v) is 18.5. The molecule has 162 valence electrons. The molecule has 1 atom stereocenters. The highest BCUT2D eigenvalue weighted by Gasteiger charge is 2.30. The first-order valence-corrected chi connectivity index (χ1v) is 10.6. The lowest BCUT2D eigenvalue weighted by atomic mass is 10.1. The van der Waals surface area contributed by atoms with Crippen LogP contribution in [0.5, 0.6) is 11.5 Å². The highest BCUT2D eigenvalue weighted by molar-refractivity contribution is 6.37. The second kappa shape index (κ2) is 9.47. The second-order valence-electron chi connectivity index (χ2n) is 6.89. The third-order valence-corrected chi connectivity index (χ3v) is 5.43. The first-order chi connectivity index (χ1) is 15.5. The van der Waals surface area contributed by atoms with Gasteiger partial charge in [0.1, 0.15) is 11.5 Å². The summed E-state index contributed by atoms with van der Waals surface area (Å²) < 4.78 is 16.9. The van der Waals surface area contributed by atoms with Crippen LogP contribution in [0.1, 0.15) is 34.5 Å². The first-order valence-electron chi connectivity index (χ1n) is 9.88. The average Bonchev–Trinajstić information content (AvgIpc) is 3.10. The summed E-state index contributed by atoms with van der Waals surface area (Å²) in [6.45, 7) is 1.96. The van der Waals surface area contributed by atoms with Crippen molar-refractivity contribution >= 4 is 41.0 Å². The lowest BCUT2D eigenvalue weighted by Gasteiger charge is -2.18. The minimum Gasteiger partial charge on any atom is -0.474 e. The minimum atomic E-state index is -0.955. The van der Waals surface area contributed by atoms with Crippen molar-refractivity contribution in [3.05, 3.63) is 99.2 Å². The maximum absolute atomic E-state index is 12.8. The fourth-order valence-corrected chi connectivity index (χ4v) is 3.76. The second-order valence-corrected chi connectivity index (χ2v) is 7.71. The molecule has 0 amide bonds.